The number of rotatable bonds is 4. The predicted octanol–water partition coefficient (Wildman–Crippen LogP) is 4.36. The van der Waals surface area contributed by atoms with E-state index in [-0.39, 0.29) is 29.9 Å². The summed E-state index contributed by atoms with van der Waals surface area (Å²) in [5, 5.41) is 3.54. The van der Waals surface area contributed by atoms with Gasteiger partial charge < -0.3 is 14.8 Å². The number of hydrogen-bond donors (Lipinski definition) is 1. The highest BCUT2D eigenvalue weighted by Crippen LogP contribution is 2.44. The van der Waals surface area contributed by atoms with Crippen LogP contribution in [0.3, 0.4) is 0 Å². The van der Waals surface area contributed by atoms with Crippen LogP contribution in [0.1, 0.15) is 42.2 Å². The first kappa shape index (κ1) is 19.5. The van der Waals surface area contributed by atoms with Crippen molar-refractivity contribution in [1.82, 2.24) is 5.32 Å². The topological polar surface area (TPSA) is 64.6 Å². The van der Waals surface area contributed by atoms with Gasteiger partial charge in [-0.2, -0.15) is 0 Å². The molecule has 2 aromatic rings. The molecular formula is C23H22ClNO4. The van der Waals surface area contributed by atoms with Gasteiger partial charge in [0.05, 0.1) is 14.2 Å². The Morgan fingerprint density at radius 2 is 1.72 bits per heavy atom. The molecule has 0 aromatic heterocycles. The van der Waals surface area contributed by atoms with E-state index in [0.29, 0.717) is 34.9 Å². The van der Waals surface area contributed by atoms with E-state index in [9.17, 15) is 9.59 Å². The molecule has 1 amide bonds. The maximum Gasteiger partial charge on any atom is 0.225 e. The first-order valence-electron chi connectivity index (χ1n) is 9.53. The van der Waals surface area contributed by atoms with Gasteiger partial charge >= 0.3 is 0 Å². The van der Waals surface area contributed by atoms with Gasteiger partial charge in [-0.3, -0.25) is 9.59 Å². The lowest BCUT2D eigenvalue weighted by molar-refractivity contribution is -0.122. The summed E-state index contributed by atoms with van der Waals surface area (Å²) in [6.45, 7) is 0. The van der Waals surface area contributed by atoms with Gasteiger partial charge in [0.2, 0.25) is 5.91 Å². The molecule has 0 saturated carbocycles. The summed E-state index contributed by atoms with van der Waals surface area (Å²) in [6.07, 6.45) is 1.24. The van der Waals surface area contributed by atoms with Crippen LogP contribution in [0.2, 0.25) is 5.02 Å². The molecule has 5 nitrogen and oxygen atoms in total. The Morgan fingerprint density at radius 1 is 0.931 bits per heavy atom. The van der Waals surface area contributed by atoms with Gasteiger partial charge in [-0.25, -0.2) is 0 Å². The van der Waals surface area contributed by atoms with Crippen molar-refractivity contribution in [2.45, 2.75) is 31.1 Å². The number of hydrogen-bond acceptors (Lipinski definition) is 4. The first-order valence-corrected chi connectivity index (χ1v) is 9.91. The molecule has 2 aromatic carbocycles. The molecule has 4 rings (SSSR count). The average Bonchev–Trinajstić information content (AvgIpc) is 2.72. The van der Waals surface area contributed by atoms with E-state index < -0.39 is 0 Å². The summed E-state index contributed by atoms with van der Waals surface area (Å²) in [5.41, 5.74) is 3.32. The van der Waals surface area contributed by atoms with Crippen molar-refractivity contribution in [2.24, 2.45) is 0 Å². The standard InChI is InChI=1S/C23H22ClNO4/c1-28-20-7-6-13(11-21(20)29-2)15-9-18-23(19(26)10-15)17(12-22(27)25-18)14-4-3-5-16(24)8-14/h3-8,11,15,17H,9-10,12H2,1-2H3,(H,25,27)/t15-,17-/m1/s1. The monoisotopic (exact) mass is 411 g/mol. The van der Waals surface area contributed by atoms with E-state index in [2.05, 4.69) is 5.32 Å². The van der Waals surface area contributed by atoms with Gasteiger partial charge in [-0.15, -0.1) is 0 Å². The fourth-order valence-corrected chi connectivity index (χ4v) is 4.51. The zero-order chi connectivity index (χ0) is 20.5. The summed E-state index contributed by atoms with van der Waals surface area (Å²) < 4.78 is 10.7. The average molecular weight is 412 g/mol. The Hall–Kier alpha value is -2.79. The SMILES string of the molecule is COc1ccc([C@H]2CC(=O)C3=C(C2)NC(=O)C[C@@H]3c2cccc(Cl)c2)cc1OC. The smallest absolute Gasteiger partial charge is 0.225 e. The van der Waals surface area contributed by atoms with Crippen LogP contribution in [-0.4, -0.2) is 25.9 Å². The molecule has 0 unspecified atom stereocenters. The fraction of sp³-hybridized carbons (Fsp3) is 0.304. The summed E-state index contributed by atoms with van der Waals surface area (Å²) in [6, 6.07) is 13.1. The number of benzene rings is 2. The van der Waals surface area contributed by atoms with Gasteiger partial charge in [0.1, 0.15) is 0 Å². The number of ketones is 1. The number of allylic oxidation sites excluding steroid dienone is 2. The van der Waals surface area contributed by atoms with Crippen LogP contribution in [0, 0.1) is 0 Å². The second-order valence-electron chi connectivity index (χ2n) is 7.39. The zero-order valence-corrected chi connectivity index (χ0v) is 17.1. The molecule has 6 heteroatoms. The van der Waals surface area contributed by atoms with Crippen LogP contribution < -0.4 is 14.8 Å². The maximum absolute atomic E-state index is 13.2. The summed E-state index contributed by atoms with van der Waals surface area (Å²) in [4.78, 5) is 25.6. The van der Waals surface area contributed by atoms with Gasteiger partial charge in [-0.1, -0.05) is 29.8 Å². The Bertz CT molecular complexity index is 1010. The van der Waals surface area contributed by atoms with Crippen molar-refractivity contribution in [3.8, 4) is 11.5 Å². The van der Waals surface area contributed by atoms with E-state index in [1.807, 2.05) is 36.4 Å². The Morgan fingerprint density at radius 3 is 2.45 bits per heavy atom. The van der Waals surface area contributed by atoms with Crippen LogP contribution in [0.25, 0.3) is 0 Å². The van der Waals surface area contributed by atoms with Gasteiger partial charge in [0.25, 0.3) is 0 Å². The highest BCUT2D eigenvalue weighted by Gasteiger charge is 2.38. The Balaban J connectivity index is 1.70. The summed E-state index contributed by atoms with van der Waals surface area (Å²) in [7, 11) is 3.18. The van der Waals surface area contributed by atoms with E-state index >= 15 is 0 Å². The van der Waals surface area contributed by atoms with E-state index in [1.54, 1.807) is 20.3 Å². The normalized spacial score (nSPS) is 21.5. The summed E-state index contributed by atoms with van der Waals surface area (Å²) in [5.74, 6) is 0.980. The molecule has 2 aliphatic rings. The van der Waals surface area contributed by atoms with Crippen molar-refractivity contribution >= 4 is 23.3 Å². The zero-order valence-electron chi connectivity index (χ0n) is 16.3. The van der Waals surface area contributed by atoms with Crippen LogP contribution in [0.5, 0.6) is 11.5 Å². The third-order valence-electron chi connectivity index (χ3n) is 5.67. The molecule has 0 radical (unpaired) electrons. The molecule has 0 bridgehead atoms. The van der Waals surface area contributed by atoms with Crippen molar-refractivity contribution in [2.75, 3.05) is 14.2 Å². The predicted molar refractivity (Wildman–Crippen MR) is 111 cm³/mol. The second-order valence-corrected chi connectivity index (χ2v) is 7.83. The van der Waals surface area contributed by atoms with Gasteiger partial charge in [-0.05, 0) is 47.7 Å². The van der Waals surface area contributed by atoms with E-state index in [1.165, 1.54) is 0 Å². The number of carbonyl (C=O) groups excluding carboxylic acids is 2. The van der Waals surface area contributed by atoms with E-state index in [4.69, 9.17) is 21.1 Å². The molecule has 0 fully saturated rings. The fourth-order valence-electron chi connectivity index (χ4n) is 4.31. The number of halogens is 1. The van der Waals surface area contributed by atoms with Crippen LogP contribution in [0.4, 0.5) is 0 Å². The van der Waals surface area contributed by atoms with Crippen LogP contribution in [-0.2, 0) is 9.59 Å². The van der Waals surface area contributed by atoms with Crippen LogP contribution in [0.15, 0.2) is 53.7 Å². The summed E-state index contributed by atoms with van der Waals surface area (Å²) >= 11 is 6.14. The number of Topliss-reactive ketones (excluding diaryl/α,β-unsaturated/α-hetero) is 1. The molecule has 0 spiro atoms. The molecule has 0 saturated heterocycles. The van der Waals surface area contributed by atoms with Crippen molar-refractivity contribution < 1.29 is 19.1 Å². The first-order chi connectivity index (χ1) is 14.0. The van der Waals surface area contributed by atoms with Crippen LogP contribution >= 0.6 is 11.6 Å². The second kappa shape index (κ2) is 7.91. The number of methoxy groups -OCH3 is 2. The Labute approximate surface area is 174 Å². The molecule has 1 aliphatic heterocycles. The molecule has 2 atom stereocenters. The minimum absolute atomic E-state index is 0.0283. The van der Waals surface area contributed by atoms with Crippen molar-refractivity contribution in [3.63, 3.8) is 0 Å². The highest BCUT2D eigenvalue weighted by atomic mass is 35.5. The molecule has 29 heavy (non-hydrogen) atoms. The van der Waals surface area contributed by atoms with Crippen molar-refractivity contribution in [3.05, 3.63) is 69.9 Å². The minimum Gasteiger partial charge on any atom is -0.493 e. The molecule has 1 heterocycles. The van der Waals surface area contributed by atoms with Gasteiger partial charge in [0.15, 0.2) is 17.3 Å². The largest absolute Gasteiger partial charge is 0.493 e. The lowest BCUT2D eigenvalue weighted by Crippen LogP contribution is -2.38. The lowest BCUT2D eigenvalue weighted by atomic mass is 9.73. The van der Waals surface area contributed by atoms with E-state index in [0.717, 1.165) is 16.8 Å². The third-order valence-corrected chi connectivity index (χ3v) is 5.90. The third kappa shape index (κ3) is 3.75. The number of ether oxygens (including phenoxy) is 2. The number of carbonyl (C=O) groups is 2. The molecule has 1 aliphatic carbocycles. The Kier molecular flexibility index (Phi) is 5.33. The maximum atomic E-state index is 13.2. The number of amides is 1. The lowest BCUT2D eigenvalue weighted by Gasteiger charge is -2.34. The quantitative estimate of drug-likeness (QED) is 0.811. The highest BCUT2D eigenvalue weighted by molar-refractivity contribution is 6.30. The van der Waals surface area contributed by atoms with Gasteiger partial charge in [0, 0.05) is 35.1 Å². The molecular weight excluding hydrogens is 390 g/mol. The molecule has 150 valence electrons. The minimum atomic E-state index is -0.253. The molecule has 1 N–H and O–H groups in total. The number of nitrogens with one attached hydrogen (secondary N) is 1. The van der Waals surface area contributed by atoms with Crippen molar-refractivity contribution in [1.29, 1.82) is 0 Å².